The molecule has 3 unspecified atom stereocenters. The summed E-state index contributed by atoms with van der Waals surface area (Å²) in [6, 6.07) is 1.27. The van der Waals surface area contributed by atoms with Crippen LogP contribution in [0.25, 0.3) is 0 Å². The number of hydrogen-bond acceptors (Lipinski definition) is 3. The molecule has 0 saturated carbocycles. The zero-order valence-corrected chi connectivity index (χ0v) is 9.82. The smallest absolute Gasteiger partial charge is 0.0509 e. The van der Waals surface area contributed by atoms with E-state index in [4.69, 9.17) is 10.5 Å². The molecule has 0 aliphatic carbocycles. The summed E-state index contributed by atoms with van der Waals surface area (Å²) >= 11 is 0. The Morgan fingerprint density at radius 1 is 1.40 bits per heavy atom. The fourth-order valence-corrected chi connectivity index (χ4v) is 3.02. The van der Waals surface area contributed by atoms with E-state index >= 15 is 0 Å². The molecule has 0 aromatic rings. The largest absolute Gasteiger partial charge is 0.381 e. The minimum atomic E-state index is 0.620. The van der Waals surface area contributed by atoms with E-state index in [9.17, 15) is 0 Å². The lowest BCUT2D eigenvalue weighted by Crippen LogP contribution is -2.51. The first-order valence-electron chi connectivity index (χ1n) is 6.36. The van der Waals surface area contributed by atoms with E-state index in [0.29, 0.717) is 12.1 Å². The summed E-state index contributed by atoms with van der Waals surface area (Å²) in [5, 5.41) is 0. The monoisotopic (exact) mass is 212 g/mol. The number of ether oxygens (including phenoxy) is 1. The van der Waals surface area contributed by atoms with Crippen LogP contribution in [-0.2, 0) is 4.74 Å². The molecule has 2 fully saturated rings. The number of nitrogens with two attached hydrogens (primary N) is 1. The summed E-state index contributed by atoms with van der Waals surface area (Å²) < 4.78 is 5.48. The van der Waals surface area contributed by atoms with E-state index in [1.54, 1.807) is 0 Å². The fraction of sp³-hybridized carbons (Fsp3) is 1.00. The van der Waals surface area contributed by atoms with Crippen molar-refractivity contribution in [1.29, 1.82) is 0 Å². The normalized spacial score (nSPS) is 35.6. The molecule has 88 valence electrons. The van der Waals surface area contributed by atoms with E-state index < -0.39 is 0 Å². The van der Waals surface area contributed by atoms with Gasteiger partial charge in [-0.3, -0.25) is 4.90 Å². The van der Waals surface area contributed by atoms with Gasteiger partial charge in [0.15, 0.2) is 0 Å². The molecular weight excluding hydrogens is 188 g/mol. The van der Waals surface area contributed by atoms with Gasteiger partial charge < -0.3 is 10.5 Å². The van der Waals surface area contributed by atoms with Crippen LogP contribution in [0.5, 0.6) is 0 Å². The van der Waals surface area contributed by atoms with E-state index in [-0.39, 0.29) is 0 Å². The van der Waals surface area contributed by atoms with E-state index in [1.165, 1.54) is 32.2 Å². The van der Waals surface area contributed by atoms with Crippen molar-refractivity contribution in [2.75, 3.05) is 26.3 Å². The third kappa shape index (κ3) is 2.52. The van der Waals surface area contributed by atoms with Crippen molar-refractivity contribution in [3.63, 3.8) is 0 Å². The standard InChI is InChI=1S/C12H24N2O/c1-10(11-5-7-15-9-11)14-6-3-2-4-12(14)8-13/h10-12H,2-9,13H2,1H3. The predicted octanol–water partition coefficient (Wildman–Crippen LogP) is 1.22. The van der Waals surface area contributed by atoms with Crippen molar-refractivity contribution in [1.82, 2.24) is 4.90 Å². The van der Waals surface area contributed by atoms with Crippen LogP contribution in [0.2, 0.25) is 0 Å². The number of hydrogen-bond donors (Lipinski definition) is 1. The molecular formula is C12H24N2O. The summed E-state index contributed by atoms with van der Waals surface area (Å²) in [6.07, 6.45) is 5.21. The molecule has 0 bridgehead atoms. The van der Waals surface area contributed by atoms with Crippen molar-refractivity contribution in [3.05, 3.63) is 0 Å². The van der Waals surface area contributed by atoms with Gasteiger partial charge >= 0.3 is 0 Å². The van der Waals surface area contributed by atoms with Crippen molar-refractivity contribution < 1.29 is 4.74 Å². The Labute approximate surface area is 93.0 Å². The second-order valence-corrected chi connectivity index (χ2v) is 4.99. The third-order valence-corrected chi connectivity index (χ3v) is 4.12. The van der Waals surface area contributed by atoms with Crippen LogP contribution in [0, 0.1) is 5.92 Å². The first kappa shape index (κ1) is 11.4. The second-order valence-electron chi connectivity index (χ2n) is 4.99. The van der Waals surface area contributed by atoms with Crippen LogP contribution in [-0.4, -0.2) is 43.3 Å². The predicted molar refractivity (Wildman–Crippen MR) is 61.8 cm³/mol. The molecule has 2 aliphatic heterocycles. The molecule has 15 heavy (non-hydrogen) atoms. The maximum Gasteiger partial charge on any atom is 0.0509 e. The topological polar surface area (TPSA) is 38.5 Å². The van der Waals surface area contributed by atoms with Gasteiger partial charge in [-0.1, -0.05) is 6.42 Å². The molecule has 2 saturated heterocycles. The molecule has 0 radical (unpaired) electrons. The fourth-order valence-electron chi connectivity index (χ4n) is 3.02. The second kappa shape index (κ2) is 5.28. The summed E-state index contributed by atoms with van der Waals surface area (Å²) in [5.41, 5.74) is 5.86. The number of nitrogens with zero attached hydrogens (tertiary/aromatic N) is 1. The average molecular weight is 212 g/mol. The van der Waals surface area contributed by atoms with Crippen LogP contribution >= 0.6 is 0 Å². The zero-order valence-electron chi connectivity index (χ0n) is 9.82. The van der Waals surface area contributed by atoms with Crippen molar-refractivity contribution in [3.8, 4) is 0 Å². The van der Waals surface area contributed by atoms with Gasteiger partial charge in [-0.2, -0.15) is 0 Å². The molecule has 3 heteroatoms. The zero-order chi connectivity index (χ0) is 10.7. The van der Waals surface area contributed by atoms with Crippen molar-refractivity contribution >= 4 is 0 Å². The Morgan fingerprint density at radius 3 is 2.93 bits per heavy atom. The lowest BCUT2D eigenvalue weighted by Gasteiger charge is -2.41. The molecule has 0 amide bonds. The Morgan fingerprint density at radius 2 is 2.27 bits per heavy atom. The molecule has 3 atom stereocenters. The van der Waals surface area contributed by atoms with E-state index in [2.05, 4.69) is 11.8 Å². The Balaban J connectivity index is 1.93. The van der Waals surface area contributed by atoms with Gasteiger partial charge in [-0.25, -0.2) is 0 Å². The van der Waals surface area contributed by atoms with Crippen molar-refractivity contribution in [2.24, 2.45) is 11.7 Å². The maximum absolute atomic E-state index is 5.86. The summed E-state index contributed by atoms with van der Waals surface area (Å²) in [4.78, 5) is 2.63. The summed E-state index contributed by atoms with van der Waals surface area (Å²) in [7, 11) is 0. The first-order valence-corrected chi connectivity index (χ1v) is 6.36. The summed E-state index contributed by atoms with van der Waals surface area (Å²) in [6.45, 7) is 6.32. The van der Waals surface area contributed by atoms with Crippen LogP contribution in [0.4, 0.5) is 0 Å². The highest BCUT2D eigenvalue weighted by Gasteiger charge is 2.31. The highest BCUT2D eigenvalue weighted by molar-refractivity contribution is 4.86. The molecule has 0 spiro atoms. The minimum Gasteiger partial charge on any atom is -0.381 e. The molecule has 3 nitrogen and oxygen atoms in total. The highest BCUT2D eigenvalue weighted by Crippen LogP contribution is 2.26. The molecule has 0 aromatic heterocycles. The van der Waals surface area contributed by atoms with Gasteiger partial charge in [0, 0.05) is 25.2 Å². The highest BCUT2D eigenvalue weighted by atomic mass is 16.5. The van der Waals surface area contributed by atoms with Crippen molar-refractivity contribution in [2.45, 2.75) is 44.7 Å². The average Bonchev–Trinajstić information content (AvgIpc) is 2.81. The van der Waals surface area contributed by atoms with Crippen LogP contribution < -0.4 is 5.73 Å². The van der Waals surface area contributed by atoms with E-state index in [1.807, 2.05) is 0 Å². The maximum atomic E-state index is 5.86. The lowest BCUT2D eigenvalue weighted by atomic mass is 9.93. The van der Waals surface area contributed by atoms with Gasteiger partial charge in [-0.05, 0) is 38.6 Å². The molecule has 2 aliphatic rings. The quantitative estimate of drug-likeness (QED) is 0.764. The van der Waals surface area contributed by atoms with Gasteiger partial charge in [-0.15, -0.1) is 0 Å². The van der Waals surface area contributed by atoms with Crippen LogP contribution in [0.3, 0.4) is 0 Å². The molecule has 2 N–H and O–H groups in total. The number of rotatable bonds is 3. The Kier molecular flexibility index (Phi) is 4.00. The third-order valence-electron chi connectivity index (χ3n) is 4.12. The molecule has 0 aromatic carbocycles. The SMILES string of the molecule is CC(C1CCOC1)N1CCCCC1CN. The van der Waals surface area contributed by atoms with Crippen LogP contribution in [0.1, 0.15) is 32.6 Å². The van der Waals surface area contributed by atoms with Gasteiger partial charge in [0.25, 0.3) is 0 Å². The molecule has 2 heterocycles. The van der Waals surface area contributed by atoms with Gasteiger partial charge in [0.1, 0.15) is 0 Å². The van der Waals surface area contributed by atoms with Gasteiger partial charge in [0.2, 0.25) is 0 Å². The summed E-state index contributed by atoms with van der Waals surface area (Å²) in [5.74, 6) is 0.733. The Bertz CT molecular complexity index is 192. The first-order chi connectivity index (χ1) is 7.33. The number of likely N-dealkylation sites (tertiary alicyclic amines) is 1. The lowest BCUT2D eigenvalue weighted by molar-refractivity contribution is 0.0676. The minimum absolute atomic E-state index is 0.620. The number of piperidine rings is 1. The molecule has 2 rings (SSSR count). The van der Waals surface area contributed by atoms with E-state index in [0.717, 1.165) is 25.7 Å². The Hall–Kier alpha value is -0.120. The van der Waals surface area contributed by atoms with Gasteiger partial charge in [0.05, 0.1) is 6.61 Å². The van der Waals surface area contributed by atoms with Crippen LogP contribution in [0.15, 0.2) is 0 Å².